The maximum atomic E-state index is 5.94. The third kappa shape index (κ3) is 4.94. The van der Waals surface area contributed by atoms with Gasteiger partial charge in [-0.3, -0.25) is 4.68 Å². The Morgan fingerprint density at radius 3 is 2.43 bits per heavy atom. The summed E-state index contributed by atoms with van der Waals surface area (Å²) in [6.45, 7) is 2.65. The van der Waals surface area contributed by atoms with E-state index in [0.29, 0.717) is 29.0 Å². The minimum Gasteiger partial charge on any atom is -0.493 e. The molecule has 1 heterocycles. The Hall–Kier alpha value is -2.77. The number of methoxy groups -OCH3 is 2. The molecule has 146 valence electrons. The number of aromatic nitrogens is 2. The van der Waals surface area contributed by atoms with Crippen molar-refractivity contribution in [3.05, 3.63) is 64.8 Å². The molecule has 2 N–H and O–H groups in total. The largest absolute Gasteiger partial charge is 0.493 e. The Bertz CT molecular complexity index is 973. The van der Waals surface area contributed by atoms with E-state index in [9.17, 15) is 0 Å². The van der Waals surface area contributed by atoms with Crippen LogP contribution in [0.1, 0.15) is 11.3 Å². The number of benzene rings is 2. The summed E-state index contributed by atoms with van der Waals surface area (Å²) in [4.78, 5) is 0. The summed E-state index contributed by atoms with van der Waals surface area (Å²) in [5.74, 6) is 1.95. The molecule has 1 aromatic heterocycles. The molecule has 6 nitrogen and oxygen atoms in total. The quantitative estimate of drug-likeness (QED) is 0.567. The van der Waals surface area contributed by atoms with Gasteiger partial charge in [-0.1, -0.05) is 23.7 Å². The molecule has 0 bridgehead atoms. The molecule has 0 aliphatic heterocycles. The summed E-state index contributed by atoms with van der Waals surface area (Å²) < 4.78 is 12.5. The van der Waals surface area contributed by atoms with E-state index in [1.54, 1.807) is 14.2 Å². The molecule has 0 atom stereocenters. The van der Waals surface area contributed by atoms with Crippen molar-refractivity contribution in [2.75, 3.05) is 24.9 Å². The topological polar surface area (TPSA) is 60.3 Å². The van der Waals surface area contributed by atoms with Gasteiger partial charge in [0, 0.05) is 28.5 Å². The maximum Gasteiger partial charge on any atom is 0.176 e. The van der Waals surface area contributed by atoms with Gasteiger partial charge in [0.1, 0.15) is 0 Å². The first kappa shape index (κ1) is 20.0. The van der Waals surface area contributed by atoms with Crippen LogP contribution in [0.4, 0.5) is 11.5 Å². The van der Waals surface area contributed by atoms with Crippen molar-refractivity contribution < 1.29 is 9.47 Å². The fourth-order valence-electron chi connectivity index (χ4n) is 2.69. The van der Waals surface area contributed by atoms with Crippen LogP contribution in [-0.2, 0) is 6.54 Å². The first-order chi connectivity index (χ1) is 13.5. The molecular weight excluding hydrogens is 396 g/mol. The summed E-state index contributed by atoms with van der Waals surface area (Å²) in [6, 6.07) is 15.2. The van der Waals surface area contributed by atoms with E-state index in [4.69, 9.17) is 33.3 Å². The zero-order valence-corrected chi connectivity index (χ0v) is 17.4. The smallest absolute Gasteiger partial charge is 0.176 e. The molecule has 3 rings (SSSR count). The number of nitrogens with one attached hydrogen (secondary N) is 2. The van der Waals surface area contributed by atoms with Gasteiger partial charge in [0.05, 0.1) is 20.8 Å². The third-order valence-electron chi connectivity index (χ3n) is 4.11. The Balaban J connectivity index is 1.65. The summed E-state index contributed by atoms with van der Waals surface area (Å²) >= 11 is 11.3. The fourth-order valence-corrected chi connectivity index (χ4v) is 3.04. The van der Waals surface area contributed by atoms with Gasteiger partial charge in [-0.05, 0) is 49.0 Å². The lowest BCUT2D eigenvalue weighted by Crippen LogP contribution is -2.19. The number of hydrogen-bond donors (Lipinski definition) is 2. The van der Waals surface area contributed by atoms with Crippen molar-refractivity contribution in [2.24, 2.45) is 0 Å². The number of rotatable bonds is 6. The molecule has 0 spiro atoms. The summed E-state index contributed by atoms with van der Waals surface area (Å²) in [5, 5.41) is 12.0. The number of thiocarbonyl (C=S) groups is 1. The molecule has 0 saturated heterocycles. The number of ether oxygens (including phenoxy) is 2. The van der Waals surface area contributed by atoms with E-state index >= 15 is 0 Å². The van der Waals surface area contributed by atoms with Crippen molar-refractivity contribution in [1.29, 1.82) is 0 Å². The number of hydrogen-bond acceptors (Lipinski definition) is 4. The first-order valence-electron chi connectivity index (χ1n) is 8.57. The summed E-state index contributed by atoms with van der Waals surface area (Å²) in [7, 11) is 3.19. The molecule has 2 aromatic carbocycles. The SMILES string of the molecule is COc1ccc(NC(=S)Nc2cc(C)n(Cc3ccc(Cl)cc3)n2)cc1OC. The third-order valence-corrected chi connectivity index (χ3v) is 4.57. The van der Waals surface area contributed by atoms with E-state index in [0.717, 1.165) is 22.0 Å². The number of nitrogens with zero attached hydrogens (tertiary/aromatic N) is 2. The van der Waals surface area contributed by atoms with Gasteiger partial charge < -0.3 is 20.1 Å². The molecule has 0 unspecified atom stereocenters. The lowest BCUT2D eigenvalue weighted by molar-refractivity contribution is 0.355. The van der Waals surface area contributed by atoms with Gasteiger partial charge in [0.2, 0.25) is 0 Å². The van der Waals surface area contributed by atoms with Crippen molar-refractivity contribution in [3.8, 4) is 11.5 Å². The Labute approximate surface area is 174 Å². The average Bonchev–Trinajstić information content (AvgIpc) is 3.02. The second kappa shape index (κ2) is 8.95. The van der Waals surface area contributed by atoms with Crippen LogP contribution in [0.25, 0.3) is 0 Å². The average molecular weight is 417 g/mol. The van der Waals surface area contributed by atoms with Gasteiger partial charge in [0.25, 0.3) is 0 Å². The van der Waals surface area contributed by atoms with Crippen LogP contribution in [0.2, 0.25) is 5.02 Å². The highest BCUT2D eigenvalue weighted by molar-refractivity contribution is 7.80. The Morgan fingerprint density at radius 1 is 1.04 bits per heavy atom. The van der Waals surface area contributed by atoms with Crippen molar-refractivity contribution in [1.82, 2.24) is 9.78 Å². The van der Waals surface area contributed by atoms with Crippen molar-refractivity contribution in [2.45, 2.75) is 13.5 Å². The van der Waals surface area contributed by atoms with Gasteiger partial charge in [-0.25, -0.2) is 0 Å². The van der Waals surface area contributed by atoms with E-state index in [1.807, 2.05) is 60.1 Å². The molecule has 0 amide bonds. The van der Waals surface area contributed by atoms with Crippen LogP contribution < -0.4 is 20.1 Å². The molecule has 3 aromatic rings. The van der Waals surface area contributed by atoms with Crippen molar-refractivity contribution in [3.63, 3.8) is 0 Å². The number of aryl methyl sites for hydroxylation is 1. The van der Waals surface area contributed by atoms with Gasteiger partial charge in [-0.2, -0.15) is 5.10 Å². The second-order valence-corrected chi connectivity index (χ2v) is 6.95. The lowest BCUT2D eigenvalue weighted by atomic mass is 10.2. The monoisotopic (exact) mass is 416 g/mol. The number of halogens is 1. The van der Waals surface area contributed by atoms with Crippen molar-refractivity contribution >= 4 is 40.4 Å². The minimum absolute atomic E-state index is 0.434. The van der Waals surface area contributed by atoms with Crippen LogP contribution in [0.15, 0.2) is 48.5 Å². The zero-order chi connectivity index (χ0) is 20.1. The normalized spacial score (nSPS) is 10.4. The van der Waals surface area contributed by atoms with Crippen LogP contribution in [-0.4, -0.2) is 29.1 Å². The van der Waals surface area contributed by atoms with Crippen LogP contribution in [0, 0.1) is 6.92 Å². The van der Waals surface area contributed by atoms with Gasteiger partial charge >= 0.3 is 0 Å². The summed E-state index contributed by atoms with van der Waals surface area (Å²) in [5.41, 5.74) is 2.92. The standard InChI is InChI=1S/C20H21ClN4O2S/c1-13-10-19(24-25(13)12-14-4-6-15(21)7-5-14)23-20(28)22-16-8-9-17(26-2)18(11-16)27-3/h4-11H,12H2,1-3H3,(H2,22,23,24,28). The highest BCUT2D eigenvalue weighted by Crippen LogP contribution is 2.29. The highest BCUT2D eigenvalue weighted by Gasteiger charge is 2.09. The molecular formula is C20H21ClN4O2S. The molecule has 0 fully saturated rings. The Morgan fingerprint density at radius 2 is 1.75 bits per heavy atom. The molecule has 0 saturated carbocycles. The van der Waals surface area contributed by atoms with E-state index in [-0.39, 0.29) is 0 Å². The highest BCUT2D eigenvalue weighted by atomic mass is 35.5. The predicted octanol–water partition coefficient (Wildman–Crippen LogP) is 4.72. The van der Waals surface area contributed by atoms with Gasteiger partial charge in [-0.15, -0.1) is 0 Å². The van der Waals surface area contributed by atoms with E-state index in [1.165, 1.54) is 0 Å². The molecule has 28 heavy (non-hydrogen) atoms. The maximum absolute atomic E-state index is 5.94. The van der Waals surface area contributed by atoms with Crippen LogP contribution in [0.5, 0.6) is 11.5 Å². The second-order valence-electron chi connectivity index (χ2n) is 6.10. The number of anilines is 2. The van der Waals surface area contributed by atoms with Gasteiger partial charge in [0.15, 0.2) is 22.4 Å². The van der Waals surface area contributed by atoms with Crippen LogP contribution in [0.3, 0.4) is 0 Å². The Kier molecular flexibility index (Phi) is 6.38. The van der Waals surface area contributed by atoms with E-state index < -0.39 is 0 Å². The zero-order valence-electron chi connectivity index (χ0n) is 15.8. The molecule has 8 heteroatoms. The fraction of sp³-hybridized carbons (Fsp3) is 0.200. The van der Waals surface area contributed by atoms with Crippen LogP contribution >= 0.6 is 23.8 Å². The summed E-state index contributed by atoms with van der Waals surface area (Å²) in [6.07, 6.45) is 0. The molecule has 0 aliphatic carbocycles. The first-order valence-corrected chi connectivity index (χ1v) is 9.36. The predicted molar refractivity (Wildman–Crippen MR) is 117 cm³/mol. The van der Waals surface area contributed by atoms with E-state index in [2.05, 4.69) is 15.7 Å². The molecule has 0 aliphatic rings. The minimum atomic E-state index is 0.434. The lowest BCUT2D eigenvalue weighted by Gasteiger charge is -2.12. The molecule has 0 radical (unpaired) electrons.